The summed E-state index contributed by atoms with van der Waals surface area (Å²) in [7, 11) is 1.33. The Morgan fingerprint density at radius 2 is 2.13 bits per heavy atom. The molecule has 0 saturated heterocycles. The number of carbonyl (C=O) groups excluding carboxylic acids is 2. The van der Waals surface area contributed by atoms with Crippen molar-refractivity contribution in [1.82, 2.24) is 10.3 Å². The standard InChI is InChI=1S/C16H18N2O3S2/c1-11-18-12(9-22-11)10-23-14-6-4-3-5-13(14)16(20)17-8-7-15(19)21-2/h3-6,9H,7-8,10H2,1-2H3,(H,17,20). The minimum absolute atomic E-state index is 0.162. The van der Waals surface area contributed by atoms with E-state index in [2.05, 4.69) is 15.0 Å². The maximum Gasteiger partial charge on any atom is 0.307 e. The summed E-state index contributed by atoms with van der Waals surface area (Å²) < 4.78 is 4.55. The predicted molar refractivity (Wildman–Crippen MR) is 91.8 cm³/mol. The smallest absolute Gasteiger partial charge is 0.307 e. The zero-order valence-corrected chi connectivity index (χ0v) is 14.6. The lowest BCUT2D eigenvalue weighted by molar-refractivity contribution is -0.140. The average molecular weight is 350 g/mol. The van der Waals surface area contributed by atoms with Gasteiger partial charge in [0, 0.05) is 22.6 Å². The number of thioether (sulfide) groups is 1. The van der Waals surface area contributed by atoms with Crippen molar-refractivity contribution in [2.75, 3.05) is 13.7 Å². The first-order valence-electron chi connectivity index (χ1n) is 7.08. The monoisotopic (exact) mass is 350 g/mol. The molecule has 1 N–H and O–H groups in total. The van der Waals surface area contributed by atoms with E-state index in [4.69, 9.17) is 0 Å². The molecule has 1 aromatic carbocycles. The van der Waals surface area contributed by atoms with Crippen LogP contribution in [0.2, 0.25) is 0 Å². The molecule has 0 fully saturated rings. The fourth-order valence-corrected chi connectivity index (χ4v) is 3.54. The molecule has 0 atom stereocenters. The number of nitrogens with zero attached hydrogens (tertiary/aromatic N) is 1. The summed E-state index contributed by atoms with van der Waals surface area (Å²) in [6.07, 6.45) is 0.162. The van der Waals surface area contributed by atoms with Crippen molar-refractivity contribution in [3.63, 3.8) is 0 Å². The van der Waals surface area contributed by atoms with Gasteiger partial charge in [0.15, 0.2) is 0 Å². The minimum atomic E-state index is -0.341. The first-order valence-corrected chi connectivity index (χ1v) is 8.94. The highest BCUT2D eigenvalue weighted by atomic mass is 32.2. The quantitative estimate of drug-likeness (QED) is 0.614. The fraction of sp³-hybridized carbons (Fsp3) is 0.312. The van der Waals surface area contributed by atoms with Crippen molar-refractivity contribution in [1.29, 1.82) is 0 Å². The molecule has 1 heterocycles. The number of methoxy groups -OCH3 is 1. The lowest BCUT2D eigenvalue weighted by Crippen LogP contribution is -2.26. The van der Waals surface area contributed by atoms with Crippen LogP contribution in [0.3, 0.4) is 0 Å². The Morgan fingerprint density at radius 1 is 1.35 bits per heavy atom. The van der Waals surface area contributed by atoms with E-state index >= 15 is 0 Å². The topological polar surface area (TPSA) is 68.3 Å². The lowest BCUT2D eigenvalue weighted by atomic mass is 10.2. The molecule has 23 heavy (non-hydrogen) atoms. The van der Waals surface area contributed by atoms with Crippen molar-refractivity contribution >= 4 is 35.0 Å². The Kier molecular flexibility index (Phi) is 6.61. The van der Waals surface area contributed by atoms with Crippen LogP contribution in [0.15, 0.2) is 34.5 Å². The summed E-state index contributed by atoms with van der Waals surface area (Å²) >= 11 is 3.20. The molecule has 0 aliphatic heterocycles. The number of aromatic nitrogens is 1. The van der Waals surface area contributed by atoms with Crippen molar-refractivity contribution in [2.45, 2.75) is 24.0 Å². The highest BCUT2D eigenvalue weighted by Gasteiger charge is 2.12. The number of aryl methyl sites for hydroxylation is 1. The average Bonchev–Trinajstić information content (AvgIpc) is 2.98. The number of hydrogen-bond acceptors (Lipinski definition) is 6. The molecule has 2 aromatic rings. The largest absolute Gasteiger partial charge is 0.469 e. The van der Waals surface area contributed by atoms with Gasteiger partial charge in [-0.1, -0.05) is 12.1 Å². The van der Waals surface area contributed by atoms with Gasteiger partial charge in [-0.15, -0.1) is 23.1 Å². The third-order valence-corrected chi connectivity index (χ3v) is 4.95. The Morgan fingerprint density at radius 3 is 2.83 bits per heavy atom. The van der Waals surface area contributed by atoms with Gasteiger partial charge in [0.1, 0.15) is 0 Å². The first kappa shape index (κ1) is 17.5. The molecule has 1 aromatic heterocycles. The van der Waals surface area contributed by atoms with Gasteiger partial charge in [0.25, 0.3) is 5.91 Å². The zero-order chi connectivity index (χ0) is 16.7. The summed E-state index contributed by atoms with van der Waals surface area (Å²) in [5.41, 5.74) is 1.62. The molecule has 5 nitrogen and oxygen atoms in total. The van der Waals surface area contributed by atoms with Crippen molar-refractivity contribution in [2.24, 2.45) is 0 Å². The Hall–Kier alpha value is -1.86. The number of carbonyl (C=O) groups is 2. The van der Waals surface area contributed by atoms with E-state index < -0.39 is 0 Å². The first-order chi connectivity index (χ1) is 11.1. The van der Waals surface area contributed by atoms with E-state index in [1.165, 1.54) is 7.11 Å². The molecule has 0 spiro atoms. The van der Waals surface area contributed by atoms with Crippen LogP contribution in [0.4, 0.5) is 0 Å². The summed E-state index contributed by atoms with van der Waals surface area (Å²) in [5.74, 6) is 0.190. The van der Waals surface area contributed by atoms with E-state index in [0.717, 1.165) is 21.3 Å². The predicted octanol–water partition coefficient (Wildman–Crippen LogP) is 3.04. The molecule has 0 aliphatic carbocycles. The molecule has 0 bridgehead atoms. The van der Waals surface area contributed by atoms with Gasteiger partial charge in [-0.3, -0.25) is 9.59 Å². The molecule has 2 rings (SSSR count). The van der Waals surface area contributed by atoms with Gasteiger partial charge >= 0.3 is 5.97 Å². The Labute approximate surface area is 143 Å². The molecule has 1 amide bonds. The number of esters is 1. The van der Waals surface area contributed by atoms with E-state index in [1.807, 2.05) is 30.5 Å². The number of nitrogens with one attached hydrogen (secondary N) is 1. The minimum Gasteiger partial charge on any atom is -0.469 e. The van der Waals surface area contributed by atoms with Gasteiger partial charge < -0.3 is 10.1 Å². The lowest BCUT2D eigenvalue weighted by Gasteiger charge is -2.09. The normalized spacial score (nSPS) is 10.3. The molecule has 0 saturated carbocycles. The Bertz CT molecular complexity index is 685. The van der Waals surface area contributed by atoms with E-state index in [9.17, 15) is 9.59 Å². The van der Waals surface area contributed by atoms with E-state index in [1.54, 1.807) is 29.2 Å². The maximum atomic E-state index is 12.3. The molecule has 0 radical (unpaired) electrons. The Balaban J connectivity index is 1.96. The summed E-state index contributed by atoms with van der Waals surface area (Å²) in [6, 6.07) is 7.42. The van der Waals surface area contributed by atoms with Gasteiger partial charge in [0.05, 0.1) is 29.8 Å². The van der Waals surface area contributed by atoms with Crippen LogP contribution in [-0.2, 0) is 15.3 Å². The van der Waals surface area contributed by atoms with Crippen LogP contribution >= 0.6 is 23.1 Å². The van der Waals surface area contributed by atoms with Crippen LogP contribution in [0.25, 0.3) is 0 Å². The van der Waals surface area contributed by atoms with Crippen molar-refractivity contribution < 1.29 is 14.3 Å². The fourth-order valence-electron chi connectivity index (χ4n) is 1.88. The second-order valence-corrected chi connectivity index (χ2v) is 6.80. The van der Waals surface area contributed by atoms with Gasteiger partial charge in [-0.05, 0) is 19.1 Å². The number of rotatable bonds is 7. The maximum absolute atomic E-state index is 12.3. The van der Waals surface area contributed by atoms with Crippen LogP contribution < -0.4 is 5.32 Å². The van der Waals surface area contributed by atoms with Crippen LogP contribution in [-0.4, -0.2) is 30.5 Å². The highest BCUT2D eigenvalue weighted by molar-refractivity contribution is 7.98. The second-order valence-electron chi connectivity index (χ2n) is 4.72. The van der Waals surface area contributed by atoms with Crippen LogP contribution in [0.5, 0.6) is 0 Å². The summed E-state index contributed by atoms with van der Waals surface area (Å²) in [4.78, 5) is 28.7. The molecule has 7 heteroatoms. The van der Waals surface area contributed by atoms with Gasteiger partial charge in [0.2, 0.25) is 0 Å². The third kappa shape index (κ3) is 5.37. The summed E-state index contributed by atoms with van der Waals surface area (Å²) in [5, 5.41) is 5.81. The molecular weight excluding hydrogens is 332 g/mol. The van der Waals surface area contributed by atoms with E-state index in [-0.39, 0.29) is 24.8 Å². The summed E-state index contributed by atoms with van der Waals surface area (Å²) in [6.45, 7) is 2.23. The molecule has 0 aliphatic rings. The zero-order valence-electron chi connectivity index (χ0n) is 13.0. The number of thiazole rings is 1. The van der Waals surface area contributed by atoms with Gasteiger partial charge in [-0.25, -0.2) is 4.98 Å². The number of hydrogen-bond donors (Lipinski definition) is 1. The SMILES string of the molecule is COC(=O)CCNC(=O)c1ccccc1SCc1csc(C)n1. The van der Waals surface area contributed by atoms with Crippen LogP contribution in [0, 0.1) is 6.92 Å². The number of benzene rings is 1. The molecular formula is C16H18N2O3S2. The highest BCUT2D eigenvalue weighted by Crippen LogP contribution is 2.26. The second kappa shape index (κ2) is 8.69. The number of ether oxygens (including phenoxy) is 1. The molecule has 0 unspecified atom stereocenters. The van der Waals surface area contributed by atoms with Crippen LogP contribution in [0.1, 0.15) is 27.5 Å². The molecule has 122 valence electrons. The van der Waals surface area contributed by atoms with Crippen molar-refractivity contribution in [3.8, 4) is 0 Å². The number of amides is 1. The van der Waals surface area contributed by atoms with Crippen molar-refractivity contribution in [3.05, 3.63) is 45.9 Å². The van der Waals surface area contributed by atoms with E-state index in [0.29, 0.717) is 5.56 Å². The third-order valence-electron chi connectivity index (χ3n) is 3.02. The van der Waals surface area contributed by atoms with Gasteiger partial charge in [-0.2, -0.15) is 0 Å².